The Morgan fingerprint density at radius 1 is 1.47 bits per heavy atom. The summed E-state index contributed by atoms with van der Waals surface area (Å²) in [7, 11) is 4.02. The highest BCUT2D eigenvalue weighted by Gasteiger charge is 2.08. The van der Waals surface area contributed by atoms with Crippen LogP contribution in [0, 0.1) is 0 Å². The fraction of sp³-hybridized carbons (Fsp3) is 0.417. The van der Waals surface area contributed by atoms with E-state index in [0.29, 0.717) is 17.8 Å². The Morgan fingerprint density at radius 2 is 2.18 bits per heavy atom. The molecule has 0 aromatic heterocycles. The summed E-state index contributed by atoms with van der Waals surface area (Å²) >= 11 is 3.31. The molecule has 0 aliphatic rings. The number of nitrogens with one attached hydrogen (secondary N) is 1. The molecule has 0 spiro atoms. The summed E-state index contributed by atoms with van der Waals surface area (Å²) in [5.74, 6) is -0.117. The number of nitrogen functional groups attached to an aromatic ring is 1. The fourth-order valence-corrected chi connectivity index (χ4v) is 1.81. The number of rotatable bonds is 5. The Morgan fingerprint density at radius 3 is 2.76 bits per heavy atom. The normalized spacial score (nSPS) is 10.6. The van der Waals surface area contributed by atoms with Crippen molar-refractivity contribution >= 4 is 27.5 Å². The topological polar surface area (TPSA) is 58.4 Å². The molecule has 94 valence electrons. The Hall–Kier alpha value is -1.07. The average molecular weight is 300 g/mol. The number of benzene rings is 1. The van der Waals surface area contributed by atoms with Crippen LogP contribution in [0.1, 0.15) is 16.8 Å². The van der Waals surface area contributed by atoms with Gasteiger partial charge in [-0.2, -0.15) is 0 Å². The number of nitrogens with two attached hydrogens (primary N) is 1. The molecular weight excluding hydrogens is 282 g/mol. The summed E-state index contributed by atoms with van der Waals surface area (Å²) in [6, 6.07) is 5.26. The first kappa shape index (κ1) is 14.0. The number of hydrogen-bond donors (Lipinski definition) is 2. The molecule has 1 aromatic rings. The predicted octanol–water partition coefficient (Wildman–Crippen LogP) is 1.71. The molecule has 1 aromatic carbocycles. The van der Waals surface area contributed by atoms with Crippen LogP contribution in [-0.2, 0) is 0 Å². The lowest BCUT2D eigenvalue weighted by Crippen LogP contribution is -2.27. The maximum Gasteiger partial charge on any atom is 0.253 e. The fourth-order valence-electron chi connectivity index (χ4n) is 1.43. The molecule has 0 atom stereocenters. The minimum absolute atomic E-state index is 0.117. The van der Waals surface area contributed by atoms with Crippen molar-refractivity contribution in [1.29, 1.82) is 0 Å². The summed E-state index contributed by atoms with van der Waals surface area (Å²) in [5.41, 5.74) is 6.79. The summed E-state index contributed by atoms with van der Waals surface area (Å²) < 4.78 is 0.874. The Kier molecular flexibility index (Phi) is 5.44. The largest absolute Gasteiger partial charge is 0.398 e. The van der Waals surface area contributed by atoms with Gasteiger partial charge in [0.05, 0.1) is 5.56 Å². The monoisotopic (exact) mass is 299 g/mol. The smallest absolute Gasteiger partial charge is 0.253 e. The molecular formula is C12H18BrN3O. The van der Waals surface area contributed by atoms with Crippen molar-refractivity contribution in [3.05, 3.63) is 28.2 Å². The van der Waals surface area contributed by atoms with Crippen LogP contribution in [0.3, 0.4) is 0 Å². The number of anilines is 1. The molecule has 0 unspecified atom stereocenters. The van der Waals surface area contributed by atoms with Gasteiger partial charge in [-0.1, -0.05) is 15.9 Å². The molecule has 0 aliphatic heterocycles. The average Bonchev–Trinajstić information content (AvgIpc) is 2.23. The lowest BCUT2D eigenvalue weighted by molar-refractivity contribution is 0.0953. The summed E-state index contributed by atoms with van der Waals surface area (Å²) in [4.78, 5) is 13.9. The van der Waals surface area contributed by atoms with Crippen molar-refractivity contribution in [2.24, 2.45) is 0 Å². The molecule has 0 bridgehead atoms. The summed E-state index contributed by atoms with van der Waals surface area (Å²) in [6.45, 7) is 1.61. The van der Waals surface area contributed by atoms with Crippen molar-refractivity contribution < 1.29 is 4.79 Å². The first-order valence-electron chi connectivity index (χ1n) is 5.48. The van der Waals surface area contributed by atoms with Gasteiger partial charge in [-0.15, -0.1) is 0 Å². The van der Waals surface area contributed by atoms with Crippen LogP contribution >= 0.6 is 15.9 Å². The van der Waals surface area contributed by atoms with E-state index in [1.165, 1.54) is 0 Å². The zero-order valence-corrected chi connectivity index (χ0v) is 11.8. The van der Waals surface area contributed by atoms with Gasteiger partial charge in [0.1, 0.15) is 0 Å². The van der Waals surface area contributed by atoms with Crippen LogP contribution < -0.4 is 11.1 Å². The van der Waals surface area contributed by atoms with Crippen LogP contribution in [0.2, 0.25) is 0 Å². The van der Waals surface area contributed by atoms with E-state index >= 15 is 0 Å². The second kappa shape index (κ2) is 6.61. The van der Waals surface area contributed by atoms with E-state index in [2.05, 4.69) is 26.1 Å². The molecule has 0 fully saturated rings. The zero-order valence-electron chi connectivity index (χ0n) is 10.2. The highest BCUT2D eigenvalue weighted by Crippen LogP contribution is 2.18. The van der Waals surface area contributed by atoms with Crippen LogP contribution in [0.15, 0.2) is 22.7 Å². The molecule has 0 aliphatic carbocycles. The van der Waals surface area contributed by atoms with Crippen LogP contribution in [0.5, 0.6) is 0 Å². The SMILES string of the molecule is CN(C)CCCNC(=O)c1ccc(Br)cc1N. The third-order valence-electron chi connectivity index (χ3n) is 2.33. The standard InChI is InChI=1S/C12H18BrN3O/c1-16(2)7-3-6-15-12(17)10-5-4-9(13)8-11(10)14/h4-5,8H,3,6-7,14H2,1-2H3,(H,15,17). The summed E-state index contributed by atoms with van der Waals surface area (Å²) in [6.07, 6.45) is 0.926. The lowest BCUT2D eigenvalue weighted by Gasteiger charge is -2.10. The second-order valence-corrected chi connectivity index (χ2v) is 5.06. The molecule has 0 saturated heterocycles. The van der Waals surface area contributed by atoms with E-state index in [9.17, 15) is 4.79 Å². The number of carbonyl (C=O) groups excluding carboxylic acids is 1. The number of halogens is 1. The third-order valence-corrected chi connectivity index (χ3v) is 2.82. The molecule has 17 heavy (non-hydrogen) atoms. The van der Waals surface area contributed by atoms with Gasteiger partial charge in [0.25, 0.3) is 5.91 Å². The number of hydrogen-bond acceptors (Lipinski definition) is 3. The Balaban J connectivity index is 2.47. The lowest BCUT2D eigenvalue weighted by atomic mass is 10.1. The Bertz CT molecular complexity index is 393. The predicted molar refractivity (Wildman–Crippen MR) is 74.1 cm³/mol. The molecule has 1 amide bonds. The first-order chi connectivity index (χ1) is 8.00. The Labute approximate surface area is 110 Å². The van der Waals surface area contributed by atoms with E-state index in [4.69, 9.17) is 5.73 Å². The number of amides is 1. The van der Waals surface area contributed by atoms with Gasteiger partial charge in [-0.05, 0) is 45.3 Å². The van der Waals surface area contributed by atoms with E-state index in [1.54, 1.807) is 12.1 Å². The maximum atomic E-state index is 11.8. The van der Waals surface area contributed by atoms with E-state index < -0.39 is 0 Å². The van der Waals surface area contributed by atoms with Gasteiger partial charge in [0, 0.05) is 16.7 Å². The van der Waals surface area contributed by atoms with Gasteiger partial charge in [-0.25, -0.2) is 0 Å². The van der Waals surface area contributed by atoms with Crippen molar-refractivity contribution in [3.63, 3.8) is 0 Å². The molecule has 0 heterocycles. The number of carbonyl (C=O) groups is 1. The molecule has 4 nitrogen and oxygen atoms in total. The highest BCUT2D eigenvalue weighted by atomic mass is 79.9. The summed E-state index contributed by atoms with van der Waals surface area (Å²) in [5, 5.41) is 2.85. The van der Waals surface area contributed by atoms with Gasteiger partial charge >= 0.3 is 0 Å². The molecule has 5 heteroatoms. The number of nitrogens with zero attached hydrogens (tertiary/aromatic N) is 1. The molecule has 1 rings (SSSR count). The van der Waals surface area contributed by atoms with Crippen LogP contribution in [0.25, 0.3) is 0 Å². The maximum absolute atomic E-state index is 11.8. The first-order valence-corrected chi connectivity index (χ1v) is 6.28. The van der Waals surface area contributed by atoms with Crippen molar-refractivity contribution in [3.8, 4) is 0 Å². The van der Waals surface area contributed by atoms with Crippen LogP contribution in [0.4, 0.5) is 5.69 Å². The van der Waals surface area contributed by atoms with Crippen LogP contribution in [-0.4, -0.2) is 38.0 Å². The van der Waals surface area contributed by atoms with Crippen molar-refractivity contribution in [2.45, 2.75) is 6.42 Å². The minimum Gasteiger partial charge on any atom is -0.398 e. The second-order valence-electron chi connectivity index (χ2n) is 4.14. The quantitative estimate of drug-likeness (QED) is 0.643. The molecule has 3 N–H and O–H groups in total. The van der Waals surface area contributed by atoms with Crippen molar-refractivity contribution in [1.82, 2.24) is 10.2 Å². The molecule has 0 saturated carbocycles. The van der Waals surface area contributed by atoms with Gasteiger partial charge < -0.3 is 16.0 Å². The van der Waals surface area contributed by atoms with E-state index in [-0.39, 0.29) is 5.91 Å². The van der Waals surface area contributed by atoms with Gasteiger partial charge in [0.2, 0.25) is 0 Å². The van der Waals surface area contributed by atoms with E-state index in [1.807, 2.05) is 20.2 Å². The zero-order chi connectivity index (χ0) is 12.8. The highest BCUT2D eigenvalue weighted by molar-refractivity contribution is 9.10. The van der Waals surface area contributed by atoms with Gasteiger partial charge in [0.15, 0.2) is 0 Å². The van der Waals surface area contributed by atoms with Gasteiger partial charge in [-0.3, -0.25) is 4.79 Å². The molecule has 0 radical (unpaired) electrons. The minimum atomic E-state index is -0.117. The third kappa shape index (κ3) is 4.75. The van der Waals surface area contributed by atoms with E-state index in [0.717, 1.165) is 17.4 Å². The van der Waals surface area contributed by atoms with Crippen molar-refractivity contribution in [2.75, 3.05) is 32.9 Å².